The fourth-order valence-electron chi connectivity index (χ4n) is 2.39. The highest BCUT2D eigenvalue weighted by atomic mass is 35.5. The number of esters is 1. The van der Waals surface area contributed by atoms with Crippen molar-refractivity contribution in [1.29, 1.82) is 0 Å². The summed E-state index contributed by atoms with van der Waals surface area (Å²) in [5.74, 6) is 0.817. The molecule has 0 heterocycles. The Balaban J connectivity index is 0.00000338. The molecule has 0 saturated carbocycles. The van der Waals surface area contributed by atoms with E-state index in [4.69, 9.17) is 9.47 Å². The van der Waals surface area contributed by atoms with Crippen molar-refractivity contribution in [2.75, 3.05) is 13.1 Å². The summed E-state index contributed by atoms with van der Waals surface area (Å²) >= 11 is 0. The Kier molecular flexibility index (Phi) is 9.78. The number of carbonyl (C=O) groups excluding carboxylic acids is 1. The summed E-state index contributed by atoms with van der Waals surface area (Å²) in [7, 11) is 0. The second-order valence-corrected chi connectivity index (χ2v) is 6.46. The summed E-state index contributed by atoms with van der Waals surface area (Å²) < 4.78 is 11.4. The predicted molar refractivity (Wildman–Crippen MR) is 107 cm³/mol. The number of rotatable bonds is 9. The van der Waals surface area contributed by atoms with Crippen LogP contribution in [0.25, 0.3) is 0 Å². The molecule has 0 spiro atoms. The first-order valence-corrected chi connectivity index (χ1v) is 8.74. The summed E-state index contributed by atoms with van der Waals surface area (Å²) in [6, 6.07) is 19.1. The molecular formula is C21H28ClNO3. The lowest BCUT2D eigenvalue weighted by Crippen LogP contribution is -2.32. The number of benzene rings is 2. The SMILES string of the molecule is CC(C)CNCC(OC(=O)C(C)Oc1ccccc1)c1ccccc1.Cl. The lowest BCUT2D eigenvalue weighted by atomic mass is 10.1. The van der Waals surface area contributed by atoms with Crippen LogP contribution >= 0.6 is 12.4 Å². The van der Waals surface area contributed by atoms with Crippen LogP contribution in [-0.2, 0) is 9.53 Å². The van der Waals surface area contributed by atoms with Gasteiger partial charge >= 0.3 is 5.97 Å². The van der Waals surface area contributed by atoms with Crippen LogP contribution in [0, 0.1) is 5.92 Å². The minimum absolute atomic E-state index is 0. The first-order chi connectivity index (χ1) is 12.1. The van der Waals surface area contributed by atoms with Gasteiger partial charge in [0, 0.05) is 6.54 Å². The zero-order valence-electron chi connectivity index (χ0n) is 15.6. The van der Waals surface area contributed by atoms with E-state index in [1.54, 1.807) is 6.92 Å². The Morgan fingerprint density at radius 2 is 1.50 bits per heavy atom. The molecule has 2 rings (SSSR count). The van der Waals surface area contributed by atoms with E-state index < -0.39 is 6.10 Å². The molecule has 2 aromatic rings. The zero-order valence-corrected chi connectivity index (χ0v) is 16.4. The van der Waals surface area contributed by atoms with Gasteiger partial charge in [-0.05, 0) is 37.1 Å². The van der Waals surface area contributed by atoms with Crippen LogP contribution in [0.15, 0.2) is 60.7 Å². The summed E-state index contributed by atoms with van der Waals surface area (Å²) in [5.41, 5.74) is 0.971. The van der Waals surface area contributed by atoms with Crippen molar-refractivity contribution in [1.82, 2.24) is 5.32 Å². The van der Waals surface area contributed by atoms with Crippen molar-refractivity contribution in [2.45, 2.75) is 33.0 Å². The van der Waals surface area contributed by atoms with Crippen LogP contribution in [0.5, 0.6) is 5.75 Å². The Morgan fingerprint density at radius 3 is 2.08 bits per heavy atom. The highest BCUT2D eigenvalue weighted by molar-refractivity contribution is 5.85. The van der Waals surface area contributed by atoms with Crippen molar-refractivity contribution in [3.8, 4) is 5.75 Å². The fourth-order valence-corrected chi connectivity index (χ4v) is 2.39. The lowest BCUT2D eigenvalue weighted by Gasteiger charge is -2.22. The minimum Gasteiger partial charge on any atom is -0.479 e. The number of carbonyl (C=O) groups is 1. The lowest BCUT2D eigenvalue weighted by molar-refractivity contribution is -0.157. The third-order valence-corrected chi connectivity index (χ3v) is 3.70. The Bertz CT molecular complexity index is 634. The van der Waals surface area contributed by atoms with Gasteiger partial charge in [-0.1, -0.05) is 62.4 Å². The quantitative estimate of drug-likeness (QED) is 0.658. The van der Waals surface area contributed by atoms with E-state index in [1.807, 2.05) is 60.7 Å². The fraction of sp³-hybridized carbons (Fsp3) is 0.381. The topological polar surface area (TPSA) is 47.6 Å². The van der Waals surface area contributed by atoms with Crippen LogP contribution in [0.1, 0.15) is 32.4 Å². The molecule has 0 aliphatic heterocycles. The van der Waals surface area contributed by atoms with E-state index in [0.717, 1.165) is 12.1 Å². The molecule has 0 fully saturated rings. The molecule has 0 bridgehead atoms. The largest absolute Gasteiger partial charge is 0.479 e. The van der Waals surface area contributed by atoms with E-state index in [-0.39, 0.29) is 24.5 Å². The van der Waals surface area contributed by atoms with Gasteiger partial charge in [0.15, 0.2) is 6.10 Å². The van der Waals surface area contributed by atoms with Gasteiger partial charge in [0.05, 0.1) is 0 Å². The normalized spacial score (nSPS) is 12.8. The average molecular weight is 378 g/mol. The zero-order chi connectivity index (χ0) is 18.1. The first-order valence-electron chi connectivity index (χ1n) is 8.74. The van der Waals surface area contributed by atoms with E-state index in [9.17, 15) is 4.79 Å². The molecular weight excluding hydrogens is 350 g/mol. The third kappa shape index (κ3) is 7.46. The molecule has 5 heteroatoms. The summed E-state index contributed by atoms with van der Waals surface area (Å²) in [6.07, 6.45) is -1.01. The van der Waals surface area contributed by atoms with Crippen molar-refractivity contribution < 1.29 is 14.3 Å². The second kappa shape index (κ2) is 11.6. The highest BCUT2D eigenvalue weighted by Gasteiger charge is 2.22. The molecule has 0 aliphatic carbocycles. The van der Waals surface area contributed by atoms with Crippen LogP contribution < -0.4 is 10.1 Å². The van der Waals surface area contributed by atoms with Crippen molar-refractivity contribution in [2.24, 2.45) is 5.92 Å². The van der Waals surface area contributed by atoms with Gasteiger partial charge in [0.25, 0.3) is 0 Å². The van der Waals surface area contributed by atoms with Gasteiger partial charge in [0.2, 0.25) is 0 Å². The Morgan fingerprint density at radius 1 is 0.923 bits per heavy atom. The predicted octanol–water partition coefficient (Wildman–Crippen LogP) is 4.41. The smallest absolute Gasteiger partial charge is 0.347 e. The van der Waals surface area contributed by atoms with Crippen molar-refractivity contribution >= 4 is 18.4 Å². The summed E-state index contributed by atoms with van der Waals surface area (Å²) in [6.45, 7) is 7.44. The maximum absolute atomic E-state index is 12.5. The van der Waals surface area contributed by atoms with Crippen molar-refractivity contribution in [3.63, 3.8) is 0 Å². The summed E-state index contributed by atoms with van der Waals surface area (Å²) in [5, 5.41) is 3.36. The number of hydrogen-bond donors (Lipinski definition) is 1. The number of halogens is 1. The number of para-hydroxylation sites is 1. The van der Waals surface area contributed by atoms with Gasteiger partial charge in [-0.3, -0.25) is 0 Å². The van der Waals surface area contributed by atoms with Gasteiger partial charge in [-0.25, -0.2) is 4.79 Å². The molecule has 2 aromatic carbocycles. The van der Waals surface area contributed by atoms with E-state index in [0.29, 0.717) is 18.2 Å². The van der Waals surface area contributed by atoms with Crippen molar-refractivity contribution in [3.05, 3.63) is 66.2 Å². The molecule has 0 saturated heterocycles. The number of ether oxygens (including phenoxy) is 2. The molecule has 142 valence electrons. The molecule has 0 aliphatic rings. The molecule has 2 unspecified atom stereocenters. The second-order valence-electron chi connectivity index (χ2n) is 6.46. The standard InChI is InChI=1S/C21H27NO3.ClH/c1-16(2)14-22-15-20(18-10-6-4-7-11-18)25-21(23)17(3)24-19-12-8-5-9-13-19;/h4-13,16-17,20,22H,14-15H2,1-3H3;1H. The molecule has 4 nitrogen and oxygen atoms in total. The minimum atomic E-state index is -0.668. The van der Waals surface area contributed by atoms with Crippen LogP contribution in [0.3, 0.4) is 0 Å². The van der Waals surface area contributed by atoms with E-state index in [1.165, 1.54) is 0 Å². The van der Waals surface area contributed by atoms with E-state index in [2.05, 4.69) is 19.2 Å². The Hall–Kier alpha value is -2.04. The highest BCUT2D eigenvalue weighted by Crippen LogP contribution is 2.19. The first kappa shape index (κ1) is 22.0. The van der Waals surface area contributed by atoms with Gasteiger partial charge in [-0.2, -0.15) is 0 Å². The average Bonchev–Trinajstić information content (AvgIpc) is 2.62. The van der Waals surface area contributed by atoms with Gasteiger partial charge in [-0.15, -0.1) is 12.4 Å². The van der Waals surface area contributed by atoms with Crippen LogP contribution in [0.4, 0.5) is 0 Å². The Labute approximate surface area is 162 Å². The number of hydrogen-bond acceptors (Lipinski definition) is 4. The maximum atomic E-state index is 12.5. The third-order valence-electron chi connectivity index (χ3n) is 3.70. The number of nitrogens with one attached hydrogen (secondary N) is 1. The van der Waals surface area contributed by atoms with E-state index >= 15 is 0 Å². The molecule has 2 atom stereocenters. The molecule has 0 aromatic heterocycles. The summed E-state index contributed by atoms with van der Waals surface area (Å²) in [4.78, 5) is 12.5. The molecule has 0 amide bonds. The maximum Gasteiger partial charge on any atom is 0.347 e. The van der Waals surface area contributed by atoms with Crippen LogP contribution in [0.2, 0.25) is 0 Å². The monoisotopic (exact) mass is 377 g/mol. The molecule has 1 N–H and O–H groups in total. The van der Waals surface area contributed by atoms with Gasteiger partial charge < -0.3 is 14.8 Å². The van der Waals surface area contributed by atoms with Crippen LogP contribution in [-0.4, -0.2) is 25.2 Å². The van der Waals surface area contributed by atoms with Gasteiger partial charge in [0.1, 0.15) is 11.9 Å². The molecule has 26 heavy (non-hydrogen) atoms. The molecule has 0 radical (unpaired) electrons.